The second-order valence-electron chi connectivity index (χ2n) is 3.98. The summed E-state index contributed by atoms with van der Waals surface area (Å²) in [6.07, 6.45) is -0.818. The quantitative estimate of drug-likeness (QED) is 0.881. The second kappa shape index (κ2) is 6.67. The Kier molecular flexibility index (Phi) is 4.92. The molecule has 0 amide bonds. The van der Waals surface area contributed by atoms with Crippen LogP contribution in [0.1, 0.15) is 24.2 Å². The van der Waals surface area contributed by atoms with E-state index < -0.39 is 12.7 Å². The lowest BCUT2D eigenvalue weighted by Gasteiger charge is -2.15. The van der Waals surface area contributed by atoms with Gasteiger partial charge in [-0.25, -0.2) is 0 Å². The molecule has 0 radical (unpaired) electrons. The van der Waals surface area contributed by atoms with E-state index in [0.717, 1.165) is 5.56 Å². The van der Waals surface area contributed by atoms with E-state index in [4.69, 9.17) is 4.74 Å². The van der Waals surface area contributed by atoms with Crippen molar-refractivity contribution in [3.05, 3.63) is 46.2 Å². The zero-order valence-electron chi connectivity index (χ0n) is 10.8. The molecule has 0 aliphatic heterocycles. The van der Waals surface area contributed by atoms with Crippen LogP contribution in [0.15, 0.2) is 35.0 Å². The van der Waals surface area contributed by atoms with E-state index in [9.17, 15) is 13.9 Å². The minimum absolute atomic E-state index is 0.0388. The zero-order chi connectivity index (χ0) is 14.5. The molecule has 0 saturated carbocycles. The molecule has 1 unspecified atom stereocenters. The minimum Gasteiger partial charge on any atom is -0.490 e. The van der Waals surface area contributed by atoms with Crippen LogP contribution in [0.4, 0.5) is 8.78 Å². The lowest BCUT2D eigenvalue weighted by Crippen LogP contribution is -2.06. The molecule has 2 aromatic rings. The summed E-state index contributed by atoms with van der Waals surface area (Å²) in [6, 6.07) is 6.24. The van der Waals surface area contributed by atoms with Crippen LogP contribution < -0.4 is 9.47 Å². The van der Waals surface area contributed by atoms with Gasteiger partial charge in [0.15, 0.2) is 11.5 Å². The SMILES string of the molecule is CCOc1cc(C(O)c2ccsc2)ccc1OC(F)F. The van der Waals surface area contributed by atoms with E-state index in [0.29, 0.717) is 12.2 Å². The van der Waals surface area contributed by atoms with E-state index in [1.54, 1.807) is 19.1 Å². The fourth-order valence-electron chi connectivity index (χ4n) is 1.78. The molecule has 1 heterocycles. The third kappa shape index (κ3) is 3.46. The highest BCUT2D eigenvalue weighted by Gasteiger charge is 2.16. The van der Waals surface area contributed by atoms with E-state index in [2.05, 4.69) is 4.74 Å². The zero-order valence-corrected chi connectivity index (χ0v) is 11.6. The highest BCUT2D eigenvalue weighted by Crippen LogP contribution is 2.34. The maximum atomic E-state index is 12.3. The van der Waals surface area contributed by atoms with E-state index in [1.807, 2.05) is 10.8 Å². The van der Waals surface area contributed by atoms with Crippen LogP contribution in [-0.4, -0.2) is 18.3 Å². The summed E-state index contributed by atoms with van der Waals surface area (Å²) in [4.78, 5) is 0. The summed E-state index contributed by atoms with van der Waals surface area (Å²) in [7, 11) is 0. The molecule has 0 aliphatic carbocycles. The van der Waals surface area contributed by atoms with Gasteiger partial charge in [-0.1, -0.05) is 6.07 Å². The molecule has 0 aliphatic rings. The van der Waals surface area contributed by atoms with Crippen molar-refractivity contribution in [2.24, 2.45) is 0 Å². The van der Waals surface area contributed by atoms with Gasteiger partial charge >= 0.3 is 6.61 Å². The van der Waals surface area contributed by atoms with E-state index in [-0.39, 0.29) is 11.5 Å². The molecule has 108 valence electrons. The molecule has 0 bridgehead atoms. The van der Waals surface area contributed by atoms with Gasteiger partial charge in [-0.15, -0.1) is 0 Å². The van der Waals surface area contributed by atoms with Gasteiger partial charge in [0.05, 0.1) is 6.61 Å². The lowest BCUT2D eigenvalue weighted by molar-refractivity contribution is -0.0514. The van der Waals surface area contributed by atoms with Crippen LogP contribution in [0.3, 0.4) is 0 Å². The molecular formula is C14H14F2O3S. The van der Waals surface area contributed by atoms with Crippen molar-refractivity contribution < 1.29 is 23.4 Å². The number of aliphatic hydroxyl groups excluding tert-OH is 1. The smallest absolute Gasteiger partial charge is 0.387 e. The number of alkyl halides is 2. The Bertz CT molecular complexity index is 543. The molecule has 0 fully saturated rings. The Balaban J connectivity index is 2.29. The van der Waals surface area contributed by atoms with Gasteiger partial charge in [-0.3, -0.25) is 0 Å². The fraction of sp³-hybridized carbons (Fsp3) is 0.286. The standard InChI is InChI=1S/C14H14F2O3S/c1-2-18-12-7-9(3-4-11(12)19-14(15)16)13(17)10-5-6-20-8-10/h3-8,13-14,17H,2H2,1H3. The molecule has 20 heavy (non-hydrogen) atoms. The number of hydrogen-bond acceptors (Lipinski definition) is 4. The summed E-state index contributed by atoms with van der Waals surface area (Å²) >= 11 is 1.47. The number of rotatable bonds is 6. The van der Waals surface area contributed by atoms with Crippen molar-refractivity contribution in [3.8, 4) is 11.5 Å². The highest BCUT2D eigenvalue weighted by molar-refractivity contribution is 7.07. The van der Waals surface area contributed by atoms with Crippen molar-refractivity contribution in [2.75, 3.05) is 6.61 Å². The Morgan fingerprint density at radius 1 is 1.20 bits per heavy atom. The van der Waals surface area contributed by atoms with Crippen molar-refractivity contribution >= 4 is 11.3 Å². The van der Waals surface area contributed by atoms with Gasteiger partial charge < -0.3 is 14.6 Å². The summed E-state index contributed by atoms with van der Waals surface area (Å²) in [6.45, 7) is -0.854. The van der Waals surface area contributed by atoms with E-state index >= 15 is 0 Å². The fourth-order valence-corrected chi connectivity index (χ4v) is 2.46. The maximum absolute atomic E-state index is 12.3. The van der Waals surface area contributed by atoms with Crippen LogP contribution in [0.2, 0.25) is 0 Å². The molecule has 6 heteroatoms. The maximum Gasteiger partial charge on any atom is 0.387 e. The van der Waals surface area contributed by atoms with Crippen LogP contribution in [-0.2, 0) is 0 Å². The van der Waals surface area contributed by atoms with Crippen LogP contribution >= 0.6 is 11.3 Å². The number of thiophene rings is 1. The summed E-state index contributed by atoms with van der Waals surface area (Å²) < 4.78 is 34.3. The van der Waals surface area contributed by atoms with Crippen molar-refractivity contribution in [1.82, 2.24) is 0 Å². The molecule has 3 nitrogen and oxygen atoms in total. The van der Waals surface area contributed by atoms with Crippen molar-refractivity contribution in [2.45, 2.75) is 19.6 Å². The van der Waals surface area contributed by atoms with Gasteiger partial charge in [-0.2, -0.15) is 20.1 Å². The molecule has 0 saturated heterocycles. The van der Waals surface area contributed by atoms with Crippen LogP contribution in [0, 0.1) is 0 Å². The van der Waals surface area contributed by atoms with E-state index in [1.165, 1.54) is 23.5 Å². The molecule has 1 aromatic heterocycles. The Hall–Kier alpha value is -1.66. The number of aliphatic hydroxyl groups is 1. The summed E-state index contributed by atoms with van der Waals surface area (Å²) in [5, 5.41) is 13.9. The van der Waals surface area contributed by atoms with Crippen LogP contribution in [0.25, 0.3) is 0 Å². The molecule has 2 rings (SSSR count). The molecule has 1 atom stereocenters. The number of halogens is 2. The van der Waals surface area contributed by atoms with Crippen molar-refractivity contribution in [1.29, 1.82) is 0 Å². The minimum atomic E-state index is -2.91. The Morgan fingerprint density at radius 2 is 2.00 bits per heavy atom. The van der Waals surface area contributed by atoms with Gasteiger partial charge in [0.1, 0.15) is 6.10 Å². The molecule has 0 spiro atoms. The predicted molar refractivity (Wildman–Crippen MR) is 72.6 cm³/mol. The van der Waals surface area contributed by atoms with Crippen molar-refractivity contribution in [3.63, 3.8) is 0 Å². The first-order valence-electron chi connectivity index (χ1n) is 6.03. The van der Waals surface area contributed by atoms with Gasteiger partial charge in [0.25, 0.3) is 0 Å². The Labute approximate surface area is 119 Å². The van der Waals surface area contributed by atoms with Gasteiger partial charge in [-0.05, 0) is 47.0 Å². The molecule has 1 N–H and O–H groups in total. The predicted octanol–water partition coefficient (Wildman–Crippen LogP) is 3.83. The summed E-state index contributed by atoms with van der Waals surface area (Å²) in [5.74, 6) is 0.155. The second-order valence-corrected chi connectivity index (χ2v) is 4.76. The summed E-state index contributed by atoms with van der Waals surface area (Å²) in [5.41, 5.74) is 1.31. The van der Waals surface area contributed by atoms with Crippen LogP contribution in [0.5, 0.6) is 11.5 Å². The number of ether oxygens (including phenoxy) is 2. The average molecular weight is 300 g/mol. The third-order valence-corrected chi connectivity index (χ3v) is 3.36. The van der Waals surface area contributed by atoms with Gasteiger partial charge in [0.2, 0.25) is 0 Å². The number of benzene rings is 1. The molecule has 1 aromatic carbocycles. The topological polar surface area (TPSA) is 38.7 Å². The number of hydrogen-bond donors (Lipinski definition) is 1. The largest absolute Gasteiger partial charge is 0.490 e. The first kappa shape index (κ1) is 14.7. The lowest BCUT2D eigenvalue weighted by atomic mass is 10.0. The monoisotopic (exact) mass is 300 g/mol. The average Bonchev–Trinajstić information content (AvgIpc) is 2.93. The first-order chi connectivity index (χ1) is 9.61. The normalized spacial score (nSPS) is 12.4. The third-order valence-electron chi connectivity index (χ3n) is 2.66. The Morgan fingerprint density at radius 3 is 2.60 bits per heavy atom. The molecular weight excluding hydrogens is 286 g/mol. The first-order valence-corrected chi connectivity index (χ1v) is 6.97. The highest BCUT2D eigenvalue weighted by atomic mass is 32.1. The van der Waals surface area contributed by atoms with Gasteiger partial charge in [0, 0.05) is 0 Å².